The highest BCUT2D eigenvalue weighted by atomic mass is 19.1. The number of anilines is 2. The number of nitrogens with zero attached hydrogens (tertiary/aromatic N) is 1. The summed E-state index contributed by atoms with van der Waals surface area (Å²) >= 11 is 0. The summed E-state index contributed by atoms with van der Waals surface area (Å²) in [6, 6.07) is 5.03. The van der Waals surface area contributed by atoms with Gasteiger partial charge in [0.25, 0.3) is 0 Å². The minimum absolute atomic E-state index is 0.325. The van der Waals surface area contributed by atoms with E-state index in [1.807, 2.05) is 6.07 Å². The van der Waals surface area contributed by atoms with Crippen molar-refractivity contribution in [3.8, 4) is 0 Å². The Hall–Kier alpha value is -1.84. The van der Waals surface area contributed by atoms with Gasteiger partial charge in [0.2, 0.25) is 0 Å². The number of pyridine rings is 1. The second kappa shape index (κ2) is 3.87. The van der Waals surface area contributed by atoms with E-state index in [2.05, 4.69) is 10.3 Å². The van der Waals surface area contributed by atoms with Gasteiger partial charge in [-0.1, -0.05) is 0 Å². The second-order valence-electron chi connectivity index (χ2n) is 4.55. The second-order valence-corrected chi connectivity index (χ2v) is 4.55. The van der Waals surface area contributed by atoms with E-state index >= 15 is 0 Å². The first-order valence-corrected chi connectivity index (χ1v) is 5.82. The maximum atomic E-state index is 13.9. The summed E-state index contributed by atoms with van der Waals surface area (Å²) in [4.78, 5) is 4.22. The van der Waals surface area contributed by atoms with Gasteiger partial charge in [0.05, 0.1) is 11.2 Å². The fraction of sp³-hybridized carbons (Fsp3) is 0.308. The van der Waals surface area contributed by atoms with Gasteiger partial charge in [0.15, 0.2) is 5.82 Å². The molecule has 4 heteroatoms. The highest BCUT2D eigenvalue weighted by molar-refractivity contribution is 5.98. The largest absolute Gasteiger partial charge is 0.398 e. The Bertz CT molecular complexity index is 564. The molecule has 1 saturated carbocycles. The van der Waals surface area contributed by atoms with Crippen LogP contribution in [0.15, 0.2) is 24.4 Å². The number of aromatic nitrogens is 1. The molecule has 88 valence electrons. The smallest absolute Gasteiger partial charge is 0.150 e. The summed E-state index contributed by atoms with van der Waals surface area (Å²) < 4.78 is 13.9. The summed E-state index contributed by atoms with van der Waals surface area (Å²) in [7, 11) is 0. The number of nitrogen functional groups attached to an aromatic ring is 1. The molecule has 3 N–H and O–H groups in total. The molecule has 2 aromatic rings. The van der Waals surface area contributed by atoms with E-state index in [0.717, 1.165) is 11.9 Å². The number of rotatable bonds is 3. The molecule has 0 saturated heterocycles. The molecule has 0 unspecified atom stereocenters. The minimum Gasteiger partial charge on any atom is -0.398 e. The number of halogens is 1. The van der Waals surface area contributed by atoms with E-state index in [1.165, 1.54) is 18.9 Å². The molecule has 0 aliphatic heterocycles. The molecule has 1 heterocycles. The van der Waals surface area contributed by atoms with E-state index in [-0.39, 0.29) is 5.82 Å². The lowest BCUT2D eigenvalue weighted by Gasteiger charge is -2.11. The van der Waals surface area contributed by atoms with Gasteiger partial charge in [-0.05, 0) is 37.0 Å². The number of nitrogens with two attached hydrogens (primary N) is 1. The van der Waals surface area contributed by atoms with Crippen molar-refractivity contribution >= 4 is 22.3 Å². The number of nitrogens with one attached hydrogen (secondary N) is 1. The van der Waals surface area contributed by atoms with Gasteiger partial charge < -0.3 is 11.1 Å². The zero-order valence-electron chi connectivity index (χ0n) is 9.41. The molecule has 0 amide bonds. The molecule has 1 fully saturated rings. The monoisotopic (exact) mass is 231 g/mol. The average molecular weight is 231 g/mol. The number of fused-ring (bicyclic) bond motifs is 1. The molecule has 1 aromatic carbocycles. The molecule has 0 bridgehead atoms. The molecular weight excluding hydrogens is 217 g/mol. The normalized spacial score (nSPS) is 15.1. The maximum Gasteiger partial charge on any atom is 0.150 e. The van der Waals surface area contributed by atoms with Crippen molar-refractivity contribution in [1.29, 1.82) is 0 Å². The lowest BCUT2D eigenvalue weighted by atomic mass is 10.1. The lowest BCUT2D eigenvalue weighted by molar-refractivity contribution is 0.631. The van der Waals surface area contributed by atoms with E-state index in [1.54, 1.807) is 12.3 Å². The van der Waals surface area contributed by atoms with Crippen LogP contribution in [-0.4, -0.2) is 11.5 Å². The standard InChI is InChI=1S/C13H14FN3/c14-10-6-11(15)9-2-1-5-16-12(9)13(10)17-7-8-3-4-8/h1-2,5-6,8,17H,3-4,7,15H2. The third-order valence-corrected chi connectivity index (χ3v) is 3.14. The third-order valence-electron chi connectivity index (χ3n) is 3.14. The summed E-state index contributed by atoms with van der Waals surface area (Å²) in [5, 5.41) is 3.95. The molecule has 3 nitrogen and oxygen atoms in total. The predicted molar refractivity (Wildman–Crippen MR) is 67.3 cm³/mol. The Morgan fingerprint density at radius 2 is 2.29 bits per heavy atom. The fourth-order valence-corrected chi connectivity index (χ4v) is 1.97. The van der Waals surface area contributed by atoms with Crippen LogP contribution in [0.5, 0.6) is 0 Å². The Labute approximate surface area is 98.8 Å². The number of benzene rings is 1. The molecule has 0 atom stereocenters. The van der Waals surface area contributed by atoms with Crippen LogP contribution < -0.4 is 11.1 Å². The van der Waals surface area contributed by atoms with Crippen LogP contribution in [0.2, 0.25) is 0 Å². The molecule has 1 aliphatic rings. The summed E-state index contributed by atoms with van der Waals surface area (Å²) in [5.41, 5.74) is 7.31. The summed E-state index contributed by atoms with van der Waals surface area (Å²) in [5.74, 6) is 0.361. The average Bonchev–Trinajstić information content (AvgIpc) is 3.13. The van der Waals surface area contributed by atoms with E-state index in [4.69, 9.17) is 5.73 Å². The molecule has 0 radical (unpaired) electrons. The van der Waals surface area contributed by atoms with Crippen molar-refractivity contribution in [2.45, 2.75) is 12.8 Å². The van der Waals surface area contributed by atoms with Gasteiger partial charge in [-0.25, -0.2) is 4.39 Å². The first kappa shape index (κ1) is 10.3. The molecule has 1 aliphatic carbocycles. The fourth-order valence-electron chi connectivity index (χ4n) is 1.97. The Kier molecular flexibility index (Phi) is 2.35. The zero-order valence-corrected chi connectivity index (χ0v) is 9.41. The summed E-state index contributed by atoms with van der Waals surface area (Å²) in [6.07, 6.45) is 4.12. The molecule has 0 spiro atoms. The van der Waals surface area contributed by atoms with Gasteiger partial charge >= 0.3 is 0 Å². The van der Waals surface area contributed by atoms with Crippen LogP contribution in [-0.2, 0) is 0 Å². The van der Waals surface area contributed by atoms with Crippen molar-refractivity contribution in [3.63, 3.8) is 0 Å². The van der Waals surface area contributed by atoms with Gasteiger partial charge in [-0.3, -0.25) is 4.98 Å². The van der Waals surface area contributed by atoms with Crippen LogP contribution in [0.25, 0.3) is 10.9 Å². The van der Waals surface area contributed by atoms with Crippen molar-refractivity contribution in [3.05, 3.63) is 30.2 Å². The topological polar surface area (TPSA) is 50.9 Å². The predicted octanol–water partition coefficient (Wildman–Crippen LogP) is 2.78. The van der Waals surface area contributed by atoms with Gasteiger partial charge in [-0.2, -0.15) is 0 Å². The van der Waals surface area contributed by atoms with Crippen LogP contribution in [0.4, 0.5) is 15.8 Å². The van der Waals surface area contributed by atoms with E-state index in [9.17, 15) is 4.39 Å². The summed E-state index contributed by atoms with van der Waals surface area (Å²) in [6.45, 7) is 0.812. The number of hydrogen-bond donors (Lipinski definition) is 2. The maximum absolute atomic E-state index is 13.9. The molecule has 17 heavy (non-hydrogen) atoms. The Morgan fingerprint density at radius 1 is 1.47 bits per heavy atom. The number of hydrogen-bond acceptors (Lipinski definition) is 3. The SMILES string of the molecule is Nc1cc(F)c(NCC2CC2)c2ncccc12. The van der Waals surface area contributed by atoms with Crippen LogP contribution in [0, 0.1) is 11.7 Å². The lowest BCUT2D eigenvalue weighted by Crippen LogP contribution is -2.07. The van der Waals surface area contributed by atoms with Crippen molar-refractivity contribution in [2.75, 3.05) is 17.6 Å². The van der Waals surface area contributed by atoms with Gasteiger partial charge in [0, 0.05) is 23.8 Å². The van der Waals surface area contributed by atoms with Crippen LogP contribution >= 0.6 is 0 Å². The van der Waals surface area contributed by atoms with Crippen LogP contribution in [0.1, 0.15) is 12.8 Å². The quantitative estimate of drug-likeness (QED) is 0.798. The minimum atomic E-state index is -0.325. The highest BCUT2D eigenvalue weighted by Gasteiger charge is 2.22. The van der Waals surface area contributed by atoms with E-state index < -0.39 is 0 Å². The highest BCUT2D eigenvalue weighted by Crippen LogP contribution is 2.33. The van der Waals surface area contributed by atoms with Gasteiger partial charge in [0.1, 0.15) is 0 Å². The Morgan fingerprint density at radius 3 is 3.06 bits per heavy atom. The van der Waals surface area contributed by atoms with E-state index in [0.29, 0.717) is 22.8 Å². The van der Waals surface area contributed by atoms with Crippen LogP contribution in [0.3, 0.4) is 0 Å². The third kappa shape index (κ3) is 1.90. The van der Waals surface area contributed by atoms with Gasteiger partial charge in [-0.15, -0.1) is 0 Å². The van der Waals surface area contributed by atoms with Crippen molar-refractivity contribution in [2.24, 2.45) is 5.92 Å². The first-order chi connectivity index (χ1) is 8.25. The Balaban J connectivity index is 2.07. The van der Waals surface area contributed by atoms with Crippen molar-refractivity contribution in [1.82, 2.24) is 4.98 Å². The van der Waals surface area contributed by atoms with Crippen molar-refractivity contribution < 1.29 is 4.39 Å². The first-order valence-electron chi connectivity index (χ1n) is 5.82. The molecule has 3 rings (SSSR count). The molecular formula is C13H14FN3. The molecule has 1 aromatic heterocycles. The zero-order chi connectivity index (χ0) is 11.8.